The van der Waals surface area contributed by atoms with Gasteiger partial charge < -0.3 is 24.1 Å². The molecule has 0 amide bonds. The van der Waals surface area contributed by atoms with E-state index in [0.717, 1.165) is 12.8 Å². The number of benzene rings is 1. The van der Waals surface area contributed by atoms with E-state index in [1.54, 1.807) is 7.11 Å². The Kier molecular flexibility index (Phi) is 8.03. The molecule has 154 valence electrons. The van der Waals surface area contributed by atoms with E-state index in [1.807, 2.05) is 30.4 Å². The highest BCUT2D eigenvalue weighted by atomic mass is 16.7. The molecule has 1 saturated carbocycles. The Morgan fingerprint density at radius 2 is 2.11 bits per heavy atom. The topological polar surface area (TPSA) is 74.2 Å². The number of aliphatic hydroxyl groups is 1. The summed E-state index contributed by atoms with van der Waals surface area (Å²) in [5.41, 5.74) is 1.25. The van der Waals surface area contributed by atoms with Crippen molar-refractivity contribution in [3.05, 3.63) is 48.0 Å². The van der Waals surface area contributed by atoms with Gasteiger partial charge in [-0.25, -0.2) is 0 Å². The van der Waals surface area contributed by atoms with Crippen molar-refractivity contribution < 1.29 is 28.8 Å². The van der Waals surface area contributed by atoms with Gasteiger partial charge in [-0.15, -0.1) is 0 Å². The largest absolute Gasteiger partial charge is 0.462 e. The molecular weight excluding hydrogens is 360 g/mol. The highest BCUT2D eigenvalue weighted by molar-refractivity contribution is 5.72. The molecule has 1 aromatic rings. The summed E-state index contributed by atoms with van der Waals surface area (Å²) in [5.74, 6) is -0.177. The monoisotopic (exact) mass is 390 g/mol. The summed E-state index contributed by atoms with van der Waals surface area (Å²) in [6.45, 7) is 1.20. The van der Waals surface area contributed by atoms with Crippen LogP contribution < -0.4 is 0 Å². The van der Waals surface area contributed by atoms with Crippen molar-refractivity contribution in [3.63, 3.8) is 0 Å². The van der Waals surface area contributed by atoms with Gasteiger partial charge in [-0.3, -0.25) is 4.79 Å². The first kappa shape index (κ1) is 21.0. The van der Waals surface area contributed by atoms with E-state index in [0.29, 0.717) is 26.1 Å². The molecule has 0 aromatic heterocycles. The van der Waals surface area contributed by atoms with Crippen LogP contribution in [0, 0.1) is 11.8 Å². The Hall–Kier alpha value is -1.73. The lowest BCUT2D eigenvalue weighted by Crippen LogP contribution is -2.20. The third-order valence-electron chi connectivity index (χ3n) is 5.48. The van der Waals surface area contributed by atoms with Gasteiger partial charge in [-0.2, -0.15) is 0 Å². The summed E-state index contributed by atoms with van der Waals surface area (Å²) in [7, 11) is 1.63. The van der Waals surface area contributed by atoms with Crippen LogP contribution in [0.2, 0.25) is 0 Å². The summed E-state index contributed by atoms with van der Waals surface area (Å²) in [4.78, 5) is 11.6. The number of ether oxygens (including phenoxy) is 4. The molecule has 1 saturated heterocycles. The molecule has 6 heteroatoms. The Morgan fingerprint density at radius 3 is 2.89 bits per heavy atom. The zero-order valence-corrected chi connectivity index (χ0v) is 16.4. The van der Waals surface area contributed by atoms with Gasteiger partial charge in [0.1, 0.15) is 12.9 Å². The van der Waals surface area contributed by atoms with Gasteiger partial charge in [0.2, 0.25) is 0 Å². The molecule has 1 heterocycles. The maximum Gasteiger partial charge on any atom is 0.306 e. The normalized spacial score (nSPS) is 27.9. The molecular formula is C22H30O6. The summed E-state index contributed by atoms with van der Waals surface area (Å²) >= 11 is 0. The summed E-state index contributed by atoms with van der Waals surface area (Å²) in [6, 6.07) is 10.3. The molecule has 1 aromatic carbocycles. The van der Waals surface area contributed by atoms with Crippen molar-refractivity contribution in [2.45, 2.75) is 44.0 Å². The van der Waals surface area contributed by atoms with Crippen LogP contribution >= 0.6 is 0 Å². The zero-order chi connectivity index (χ0) is 19.8. The van der Waals surface area contributed by atoms with Gasteiger partial charge in [-0.1, -0.05) is 42.5 Å². The van der Waals surface area contributed by atoms with E-state index in [4.69, 9.17) is 18.9 Å². The number of hydrogen-bond donors (Lipinski definition) is 1. The van der Waals surface area contributed by atoms with Gasteiger partial charge in [-0.05, 0) is 18.4 Å². The molecule has 1 N–H and O–H groups in total. The maximum atomic E-state index is 11.6. The second-order valence-corrected chi connectivity index (χ2v) is 7.41. The highest BCUT2D eigenvalue weighted by Crippen LogP contribution is 2.42. The first-order chi connectivity index (χ1) is 13.7. The van der Waals surface area contributed by atoms with Crippen LogP contribution in [0.5, 0.6) is 0 Å². The molecule has 28 heavy (non-hydrogen) atoms. The number of hydrogen-bond acceptors (Lipinski definition) is 6. The molecule has 1 aliphatic heterocycles. The second-order valence-electron chi connectivity index (χ2n) is 7.41. The van der Waals surface area contributed by atoms with Gasteiger partial charge in [0.15, 0.2) is 0 Å². The van der Waals surface area contributed by atoms with E-state index in [9.17, 15) is 9.90 Å². The standard InChI is InChI=1S/C22H30O6/c1-25-11-12-26-15-27-17(8-7-16-5-3-2-4-6-16)9-10-18-19-13-22(24)28-21(19)14-20(18)23/h2-6,9-10,17-21,23H,7-8,11-15H2,1H3/t17?,18-,19-,20-,21+/m1/s1. The minimum Gasteiger partial charge on any atom is -0.462 e. The molecule has 3 rings (SSSR count). The molecule has 6 nitrogen and oxygen atoms in total. The predicted octanol–water partition coefficient (Wildman–Crippen LogP) is 2.49. The summed E-state index contributed by atoms with van der Waals surface area (Å²) in [5, 5.41) is 10.4. The van der Waals surface area contributed by atoms with E-state index < -0.39 is 6.10 Å². The quantitative estimate of drug-likeness (QED) is 0.271. The Labute approximate surface area is 166 Å². The van der Waals surface area contributed by atoms with Gasteiger partial charge in [0.05, 0.1) is 31.8 Å². The van der Waals surface area contributed by atoms with Crippen molar-refractivity contribution >= 4 is 5.97 Å². The number of fused-ring (bicyclic) bond motifs is 1. The Bertz CT molecular complexity index is 631. The SMILES string of the molecule is COCCOCOC(C=C[C@@H]1[C@H]2CC(=O)O[C@H]2C[C@H]1O)CCc1ccccc1. The van der Waals surface area contributed by atoms with Crippen molar-refractivity contribution in [2.75, 3.05) is 27.1 Å². The molecule has 5 atom stereocenters. The summed E-state index contributed by atoms with van der Waals surface area (Å²) < 4.78 is 21.6. The fraction of sp³-hybridized carbons (Fsp3) is 0.591. The third kappa shape index (κ3) is 5.88. The molecule has 0 spiro atoms. The van der Waals surface area contributed by atoms with Crippen molar-refractivity contribution in [3.8, 4) is 0 Å². The Balaban J connectivity index is 1.56. The smallest absolute Gasteiger partial charge is 0.306 e. The molecule has 2 aliphatic rings. The van der Waals surface area contributed by atoms with Crippen LogP contribution in [0.3, 0.4) is 0 Å². The molecule has 0 radical (unpaired) electrons. The fourth-order valence-electron chi connectivity index (χ4n) is 3.96. The van der Waals surface area contributed by atoms with E-state index in [2.05, 4.69) is 12.1 Å². The van der Waals surface area contributed by atoms with E-state index in [1.165, 1.54) is 5.56 Å². The number of rotatable bonds is 11. The number of carbonyl (C=O) groups excluding carboxylic acids is 1. The van der Waals surface area contributed by atoms with E-state index >= 15 is 0 Å². The number of aryl methyl sites for hydroxylation is 1. The minimum atomic E-state index is -0.480. The van der Waals surface area contributed by atoms with Crippen LogP contribution in [0.1, 0.15) is 24.8 Å². The average molecular weight is 390 g/mol. The van der Waals surface area contributed by atoms with Crippen molar-refractivity contribution in [2.24, 2.45) is 11.8 Å². The molecule has 1 unspecified atom stereocenters. The maximum absolute atomic E-state index is 11.6. The summed E-state index contributed by atoms with van der Waals surface area (Å²) in [6.07, 6.45) is 5.82. The number of aliphatic hydroxyl groups excluding tert-OH is 1. The van der Waals surface area contributed by atoms with Gasteiger partial charge in [0.25, 0.3) is 0 Å². The number of methoxy groups -OCH3 is 1. The fourth-order valence-corrected chi connectivity index (χ4v) is 3.96. The lowest BCUT2D eigenvalue weighted by Gasteiger charge is -2.18. The van der Waals surface area contributed by atoms with Crippen LogP contribution in [0.15, 0.2) is 42.5 Å². The van der Waals surface area contributed by atoms with Crippen LogP contribution in [-0.4, -0.2) is 56.5 Å². The van der Waals surface area contributed by atoms with Crippen molar-refractivity contribution in [1.29, 1.82) is 0 Å². The van der Waals surface area contributed by atoms with E-state index in [-0.39, 0.29) is 36.8 Å². The average Bonchev–Trinajstić information content (AvgIpc) is 3.18. The highest BCUT2D eigenvalue weighted by Gasteiger charge is 2.48. The second kappa shape index (κ2) is 10.7. The van der Waals surface area contributed by atoms with Crippen LogP contribution in [0.25, 0.3) is 0 Å². The number of carbonyl (C=O) groups is 1. The predicted molar refractivity (Wildman–Crippen MR) is 104 cm³/mol. The van der Waals surface area contributed by atoms with Gasteiger partial charge in [0, 0.05) is 25.4 Å². The lowest BCUT2D eigenvalue weighted by molar-refractivity contribution is -0.141. The lowest BCUT2D eigenvalue weighted by atomic mass is 9.91. The number of esters is 1. The zero-order valence-electron chi connectivity index (χ0n) is 16.4. The van der Waals surface area contributed by atoms with Crippen LogP contribution in [0.4, 0.5) is 0 Å². The van der Waals surface area contributed by atoms with Gasteiger partial charge >= 0.3 is 5.97 Å². The minimum absolute atomic E-state index is 0.0616. The molecule has 2 fully saturated rings. The van der Waals surface area contributed by atoms with Crippen LogP contribution in [-0.2, 0) is 30.2 Å². The van der Waals surface area contributed by atoms with Crippen molar-refractivity contribution in [1.82, 2.24) is 0 Å². The third-order valence-corrected chi connectivity index (χ3v) is 5.48. The molecule has 1 aliphatic carbocycles. The Morgan fingerprint density at radius 1 is 1.29 bits per heavy atom. The molecule has 0 bridgehead atoms. The first-order valence-electron chi connectivity index (χ1n) is 9.95. The first-order valence-corrected chi connectivity index (χ1v) is 9.95.